The normalized spacial score (nSPS) is 9.83. The zero-order valence-corrected chi connectivity index (χ0v) is 10.5. The summed E-state index contributed by atoms with van der Waals surface area (Å²) in [6.07, 6.45) is 0.177. The molecule has 0 saturated carbocycles. The van der Waals surface area contributed by atoms with Crippen molar-refractivity contribution in [3.8, 4) is 0 Å². The number of nitrogens with zero attached hydrogens (tertiary/aromatic N) is 1. The molecule has 0 fully saturated rings. The number of carbonyl (C=O) groups is 3. The maximum Gasteiger partial charge on any atom is 0.355 e. The molecule has 0 atom stereocenters. The fourth-order valence-electron chi connectivity index (χ4n) is 1.10. The van der Waals surface area contributed by atoms with Gasteiger partial charge in [-0.25, -0.2) is 9.78 Å². The second kappa shape index (κ2) is 6.70. The minimum Gasteiger partial charge on any atom is -0.476 e. The van der Waals surface area contributed by atoms with Gasteiger partial charge in [-0.2, -0.15) is 0 Å². The van der Waals surface area contributed by atoms with Gasteiger partial charge in [-0.05, 0) is 0 Å². The Balaban J connectivity index is 2.29. The summed E-state index contributed by atoms with van der Waals surface area (Å²) in [5.74, 6) is -1.50. The number of hydrogen-bond acceptors (Lipinski definition) is 5. The number of amides is 2. The topological polar surface area (TPSA) is 108 Å². The van der Waals surface area contributed by atoms with Crippen LogP contribution in [0.15, 0.2) is 5.38 Å². The third-order valence-corrected chi connectivity index (χ3v) is 2.78. The SMILES string of the molecule is CC(=O)NCCC(=O)NCc1nc(C(=O)O)cs1. The predicted molar refractivity (Wildman–Crippen MR) is 64.2 cm³/mol. The summed E-state index contributed by atoms with van der Waals surface area (Å²) < 4.78 is 0. The van der Waals surface area contributed by atoms with Crippen molar-refractivity contribution in [2.75, 3.05) is 6.54 Å². The number of rotatable bonds is 6. The summed E-state index contributed by atoms with van der Waals surface area (Å²) in [5.41, 5.74) is -0.0255. The van der Waals surface area contributed by atoms with Crippen LogP contribution in [0.25, 0.3) is 0 Å². The van der Waals surface area contributed by atoms with Crippen LogP contribution in [0.5, 0.6) is 0 Å². The summed E-state index contributed by atoms with van der Waals surface area (Å²) in [6.45, 7) is 1.84. The van der Waals surface area contributed by atoms with Gasteiger partial charge < -0.3 is 15.7 Å². The van der Waals surface area contributed by atoms with Gasteiger partial charge in [0, 0.05) is 25.3 Å². The fraction of sp³-hybridized carbons (Fsp3) is 0.400. The Morgan fingerprint density at radius 3 is 2.67 bits per heavy atom. The molecule has 0 radical (unpaired) electrons. The van der Waals surface area contributed by atoms with Gasteiger partial charge in [0.15, 0.2) is 5.69 Å². The van der Waals surface area contributed by atoms with Crippen molar-refractivity contribution in [1.82, 2.24) is 15.6 Å². The quantitative estimate of drug-likeness (QED) is 0.674. The molecule has 0 spiro atoms. The van der Waals surface area contributed by atoms with Crippen LogP contribution in [0.1, 0.15) is 28.8 Å². The van der Waals surface area contributed by atoms with Crippen LogP contribution in [-0.2, 0) is 16.1 Å². The molecule has 1 heterocycles. The van der Waals surface area contributed by atoms with E-state index in [4.69, 9.17) is 5.11 Å². The highest BCUT2D eigenvalue weighted by atomic mass is 32.1. The van der Waals surface area contributed by atoms with Gasteiger partial charge in [0.25, 0.3) is 0 Å². The van der Waals surface area contributed by atoms with Crippen LogP contribution in [-0.4, -0.2) is 34.4 Å². The molecule has 98 valence electrons. The molecule has 2 amide bonds. The number of carboxylic acids is 1. The summed E-state index contributed by atoms with van der Waals surface area (Å²) in [4.78, 5) is 36.3. The second-order valence-electron chi connectivity index (χ2n) is 3.44. The Morgan fingerprint density at radius 1 is 1.39 bits per heavy atom. The molecule has 0 aromatic carbocycles. The van der Waals surface area contributed by atoms with Crippen molar-refractivity contribution in [3.05, 3.63) is 16.1 Å². The average molecular weight is 271 g/mol. The van der Waals surface area contributed by atoms with E-state index in [-0.39, 0.29) is 37.0 Å². The average Bonchev–Trinajstić information content (AvgIpc) is 2.74. The first-order valence-electron chi connectivity index (χ1n) is 5.18. The van der Waals surface area contributed by atoms with E-state index in [0.717, 1.165) is 0 Å². The molecule has 0 aliphatic rings. The highest BCUT2D eigenvalue weighted by Gasteiger charge is 2.09. The number of carbonyl (C=O) groups excluding carboxylic acids is 2. The van der Waals surface area contributed by atoms with Crippen LogP contribution in [0.2, 0.25) is 0 Å². The molecule has 0 bridgehead atoms. The van der Waals surface area contributed by atoms with E-state index in [1.165, 1.54) is 23.6 Å². The molecular formula is C10H13N3O4S. The zero-order chi connectivity index (χ0) is 13.5. The van der Waals surface area contributed by atoms with Crippen molar-refractivity contribution in [3.63, 3.8) is 0 Å². The number of nitrogens with one attached hydrogen (secondary N) is 2. The monoisotopic (exact) mass is 271 g/mol. The Hall–Kier alpha value is -1.96. The second-order valence-corrected chi connectivity index (χ2v) is 4.38. The fourth-order valence-corrected chi connectivity index (χ4v) is 1.81. The van der Waals surface area contributed by atoms with Gasteiger partial charge in [-0.15, -0.1) is 11.3 Å². The van der Waals surface area contributed by atoms with E-state index < -0.39 is 5.97 Å². The van der Waals surface area contributed by atoms with Crippen molar-refractivity contribution in [2.24, 2.45) is 0 Å². The smallest absolute Gasteiger partial charge is 0.355 e. The van der Waals surface area contributed by atoms with Crippen LogP contribution in [0.4, 0.5) is 0 Å². The van der Waals surface area contributed by atoms with Crippen LogP contribution in [0, 0.1) is 0 Å². The number of carboxylic acid groups (broad SMARTS) is 1. The van der Waals surface area contributed by atoms with Gasteiger partial charge in [0.1, 0.15) is 5.01 Å². The molecule has 1 aromatic heterocycles. The third-order valence-electron chi connectivity index (χ3n) is 1.93. The van der Waals surface area contributed by atoms with E-state index >= 15 is 0 Å². The Morgan fingerprint density at radius 2 is 2.11 bits per heavy atom. The lowest BCUT2D eigenvalue weighted by molar-refractivity contribution is -0.121. The van der Waals surface area contributed by atoms with E-state index in [2.05, 4.69) is 15.6 Å². The molecule has 0 saturated heterocycles. The van der Waals surface area contributed by atoms with E-state index in [1.807, 2.05) is 0 Å². The van der Waals surface area contributed by atoms with Gasteiger partial charge in [0.2, 0.25) is 11.8 Å². The van der Waals surface area contributed by atoms with Crippen LogP contribution in [0.3, 0.4) is 0 Å². The summed E-state index contributed by atoms with van der Waals surface area (Å²) in [6, 6.07) is 0. The number of hydrogen-bond donors (Lipinski definition) is 3. The molecule has 0 aliphatic heterocycles. The standard InChI is InChI=1S/C10H13N3O4S/c1-6(14)11-3-2-8(15)12-4-9-13-7(5-18-9)10(16)17/h5H,2-4H2,1H3,(H,11,14)(H,12,15)(H,16,17). The van der Waals surface area contributed by atoms with Gasteiger partial charge in [-0.1, -0.05) is 0 Å². The summed E-state index contributed by atoms with van der Waals surface area (Å²) in [5, 5.41) is 15.7. The molecule has 7 nitrogen and oxygen atoms in total. The number of aromatic carboxylic acids is 1. The van der Waals surface area contributed by atoms with E-state index in [1.54, 1.807) is 0 Å². The lowest BCUT2D eigenvalue weighted by Gasteiger charge is -2.03. The first-order valence-corrected chi connectivity index (χ1v) is 6.06. The summed E-state index contributed by atoms with van der Waals surface area (Å²) in [7, 11) is 0. The summed E-state index contributed by atoms with van der Waals surface area (Å²) >= 11 is 1.17. The Labute approximate surface area is 107 Å². The number of thiazole rings is 1. The van der Waals surface area contributed by atoms with Gasteiger partial charge >= 0.3 is 5.97 Å². The predicted octanol–water partition coefficient (Wildman–Crippen LogP) is -0.0163. The highest BCUT2D eigenvalue weighted by molar-refractivity contribution is 7.09. The van der Waals surface area contributed by atoms with E-state index in [0.29, 0.717) is 5.01 Å². The highest BCUT2D eigenvalue weighted by Crippen LogP contribution is 2.09. The largest absolute Gasteiger partial charge is 0.476 e. The van der Waals surface area contributed by atoms with Crippen molar-refractivity contribution >= 4 is 29.1 Å². The van der Waals surface area contributed by atoms with E-state index in [9.17, 15) is 14.4 Å². The molecule has 18 heavy (non-hydrogen) atoms. The van der Waals surface area contributed by atoms with Crippen LogP contribution >= 0.6 is 11.3 Å². The number of aromatic nitrogens is 1. The van der Waals surface area contributed by atoms with Gasteiger partial charge in [-0.3, -0.25) is 9.59 Å². The van der Waals surface area contributed by atoms with Crippen molar-refractivity contribution in [1.29, 1.82) is 0 Å². The van der Waals surface area contributed by atoms with Crippen molar-refractivity contribution < 1.29 is 19.5 Å². The van der Waals surface area contributed by atoms with Crippen molar-refractivity contribution in [2.45, 2.75) is 19.9 Å². The first-order chi connectivity index (χ1) is 8.49. The first kappa shape index (κ1) is 14.1. The third kappa shape index (κ3) is 4.91. The Kier molecular flexibility index (Phi) is 5.25. The molecule has 3 N–H and O–H groups in total. The van der Waals surface area contributed by atoms with Crippen LogP contribution < -0.4 is 10.6 Å². The minimum absolute atomic E-state index is 0.0255. The molecular weight excluding hydrogens is 258 g/mol. The maximum atomic E-state index is 11.3. The molecule has 1 aromatic rings. The minimum atomic E-state index is -1.09. The zero-order valence-electron chi connectivity index (χ0n) is 9.73. The van der Waals surface area contributed by atoms with Gasteiger partial charge in [0.05, 0.1) is 6.54 Å². The molecule has 0 aliphatic carbocycles. The molecule has 8 heteroatoms. The maximum absolute atomic E-state index is 11.3. The molecule has 0 unspecified atom stereocenters. The lowest BCUT2D eigenvalue weighted by Crippen LogP contribution is -2.29. The molecule has 1 rings (SSSR count). The Bertz CT molecular complexity index is 458. The lowest BCUT2D eigenvalue weighted by atomic mass is 10.4.